The highest BCUT2D eigenvalue weighted by molar-refractivity contribution is 6.49. The normalized spacial score (nSPS) is 14.9. The molecule has 2 aromatic rings. The van der Waals surface area contributed by atoms with Crippen LogP contribution >= 0.6 is 0 Å². The molecule has 1 aliphatic carbocycles. The van der Waals surface area contributed by atoms with Gasteiger partial charge in [0.15, 0.2) is 0 Å². The Morgan fingerprint density at radius 2 is 1.52 bits per heavy atom. The molecule has 25 heavy (non-hydrogen) atoms. The zero-order chi connectivity index (χ0) is 18.1. The molecule has 1 aliphatic rings. The average Bonchev–Trinajstić information content (AvgIpc) is 2.59. The summed E-state index contributed by atoms with van der Waals surface area (Å²) in [4.78, 5) is 0. The Kier molecular flexibility index (Phi) is 5.08. The van der Waals surface area contributed by atoms with Crippen molar-refractivity contribution < 1.29 is 9.76 Å². The van der Waals surface area contributed by atoms with E-state index in [9.17, 15) is 5.11 Å². The maximum Gasteiger partial charge on any atom is 0.310 e. The molecule has 0 heterocycles. The van der Waals surface area contributed by atoms with Crippen molar-refractivity contribution in [3.8, 4) is 11.1 Å². The molecule has 0 spiro atoms. The van der Waals surface area contributed by atoms with Gasteiger partial charge in [0, 0.05) is 0 Å². The number of benzene rings is 2. The van der Waals surface area contributed by atoms with Crippen LogP contribution in [-0.4, -0.2) is 23.8 Å². The van der Waals surface area contributed by atoms with Gasteiger partial charge < -0.3 is 9.76 Å². The lowest BCUT2D eigenvalue weighted by Crippen LogP contribution is -2.49. The molecule has 2 aromatic carbocycles. The first kappa shape index (κ1) is 18.2. The van der Waals surface area contributed by atoms with Crippen molar-refractivity contribution in [2.45, 2.75) is 64.6 Å². The van der Waals surface area contributed by atoms with Crippen molar-refractivity contribution in [2.24, 2.45) is 0 Å². The van der Waals surface area contributed by atoms with E-state index >= 15 is 0 Å². The van der Waals surface area contributed by atoms with Crippen LogP contribution in [0.5, 0.6) is 0 Å². The van der Waals surface area contributed by atoms with E-state index in [0.717, 1.165) is 6.42 Å². The van der Waals surface area contributed by atoms with Crippen LogP contribution in [0.4, 0.5) is 0 Å². The molecule has 132 valence electrons. The number of fused-ring (bicyclic) bond motifs is 1. The molecule has 0 saturated carbocycles. The van der Waals surface area contributed by atoms with E-state index in [0.29, 0.717) is 7.48 Å². The minimum Gasteiger partial charge on any atom is -0.427 e. The Morgan fingerprint density at radius 1 is 0.920 bits per heavy atom. The fourth-order valence-electron chi connectivity index (χ4n) is 3.28. The van der Waals surface area contributed by atoms with Crippen molar-refractivity contribution in [3.05, 3.63) is 53.6 Å². The summed E-state index contributed by atoms with van der Waals surface area (Å²) in [5.74, 6) is 0. The summed E-state index contributed by atoms with van der Waals surface area (Å²) in [5, 5.41) is 10.4. The number of hydrogen-bond acceptors (Lipinski definition) is 2. The summed E-state index contributed by atoms with van der Waals surface area (Å²) in [5.41, 5.74) is 5.14. The van der Waals surface area contributed by atoms with Crippen LogP contribution in [-0.2, 0) is 17.5 Å². The van der Waals surface area contributed by atoms with Crippen molar-refractivity contribution in [2.75, 3.05) is 0 Å². The van der Waals surface area contributed by atoms with Crippen molar-refractivity contribution in [1.29, 1.82) is 0 Å². The smallest absolute Gasteiger partial charge is 0.310 e. The molecule has 0 atom stereocenters. The molecule has 0 fully saturated rings. The Hall–Kier alpha value is -1.58. The summed E-state index contributed by atoms with van der Waals surface area (Å²) in [6.45, 7) is 7.51. The third-order valence-electron chi connectivity index (χ3n) is 5.71. The van der Waals surface area contributed by atoms with Gasteiger partial charge in [-0.15, -0.1) is 0 Å². The van der Waals surface area contributed by atoms with Crippen LogP contribution in [0.1, 0.15) is 51.7 Å². The molecule has 3 heteroatoms. The Labute approximate surface area is 152 Å². The first-order valence-corrected chi connectivity index (χ1v) is 9.34. The van der Waals surface area contributed by atoms with E-state index in [4.69, 9.17) is 4.65 Å². The summed E-state index contributed by atoms with van der Waals surface area (Å²) in [7, 11) is 0.508. The van der Waals surface area contributed by atoms with Gasteiger partial charge in [0.2, 0.25) is 0 Å². The molecule has 0 aliphatic heterocycles. The van der Waals surface area contributed by atoms with Crippen molar-refractivity contribution in [3.63, 3.8) is 0 Å². The highest BCUT2D eigenvalue weighted by Gasteiger charge is 2.36. The van der Waals surface area contributed by atoms with Crippen LogP contribution in [0.25, 0.3) is 11.1 Å². The number of rotatable bonds is 5. The molecule has 0 aromatic heterocycles. The average molecular weight is 336 g/mol. The third kappa shape index (κ3) is 3.99. The van der Waals surface area contributed by atoms with Crippen LogP contribution in [0.3, 0.4) is 0 Å². The molecule has 3 rings (SSSR count). The second kappa shape index (κ2) is 6.97. The van der Waals surface area contributed by atoms with E-state index in [1.807, 2.05) is 13.8 Å². The standard InChI is InChI=1S/C22H29BO2/c1-21(2,24)22(3,4)25-23-20-15-18-13-9-8-12-17(18)14-19(20)16-10-6-5-7-11-16/h5-7,10-11,14-15,23-24H,8-9,12-13H2,1-4H3. The third-order valence-corrected chi connectivity index (χ3v) is 5.71. The molecular weight excluding hydrogens is 307 g/mol. The van der Waals surface area contributed by atoms with Gasteiger partial charge in [0.25, 0.3) is 0 Å². The molecule has 0 radical (unpaired) electrons. The Balaban J connectivity index is 1.97. The van der Waals surface area contributed by atoms with Crippen molar-refractivity contribution in [1.82, 2.24) is 0 Å². The summed E-state index contributed by atoms with van der Waals surface area (Å²) >= 11 is 0. The van der Waals surface area contributed by atoms with Gasteiger partial charge in [0.05, 0.1) is 11.2 Å². The highest BCUT2D eigenvalue weighted by atomic mass is 16.5. The minimum absolute atomic E-state index is 0.508. The zero-order valence-electron chi connectivity index (χ0n) is 15.9. The molecule has 2 nitrogen and oxygen atoms in total. The second-order valence-corrected chi connectivity index (χ2v) is 8.21. The fraction of sp³-hybridized carbons (Fsp3) is 0.455. The van der Waals surface area contributed by atoms with E-state index in [2.05, 4.69) is 42.5 Å². The SMILES string of the molecule is CC(C)(O)C(C)(C)OBc1cc2c(cc1-c1ccccc1)CCCC2. The van der Waals surface area contributed by atoms with E-state index < -0.39 is 11.2 Å². The van der Waals surface area contributed by atoms with Crippen LogP contribution in [0.2, 0.25) is 0 Å². The number of aryl methyl sites for hydroxylation is 2. The van der Waals surface area contributed by atoms with Crippen molar-refractivity contribution >= 4 is 12.9 Å². The fourth-order valence-corrected chi connectivity index (χ4v) is 3.28. The minimum atomic E-state index is -0.895. The van der Waals surface area contributed by atoms with E-state index in [1.165, 1.54) is 47.0 Å². The largest absolute Gasteiger partial charge is 0.427 e. The Morgan fingerprint density at radius 3 is 2.12 bits per heavy atom. The molecule has 0 bridgehead atoms. The first-order valence-electron chi connectivity index (χ1n) is 9.34. The van der Waals surface area contributed by atoms with Crippen LogP contribution in [0, 0.1) is 0 Å². The Bertz CT molecular complexity index is 730. The second-order valence-electron chi connectivity index (χ2n) is 8.21. The highest BCUT2D eigenvalue weighted by Crippen LogP contribution is 2.28. The van der Waals surface area contributed by atoms with Gasteiger partial charge in [-0.3, -0.25) is 0 Å². The lowest BCUT2D eigenvalue weighted by molar-refractivity contribution is -0.0893. The number of hydrogen-bond donors (Lipinski definition) is 1. The van der Waals surface area contributed by atoms with E-state index in [1.54, 1.807) is 13.8 Å². The quantitative estimate of drug-likeness (QED) is 0.842. The molecule has 0 unspecified atom stereocenters. The number of aliphatic hydroxyl groups is 1. The monoisotopic (exact) mass is 336 g/mol. The summed E-state index contributed by atoms with van der Waals surface area (Å²) in [6, 6.07) is 15.2. The topological polar surface area (TPSA) is 29.5 Å². The van der Waals surface area contributed by atoms with Gasteiger partial charge in [0.1, 0.15) is 0 Å². The molecule has 0 saturated heterocycles. The lowest BCUT2D eigenvalue weighted by atomic mass is 9.75. The maximum absolute atomic E-state index is 10.4. The molecular formula is C22H29BO2. The van der Waals surface area contributed by atoms with E-state index in [-0.39, 0.29) is 0 Å². The predicted molar refractivity (Wildman–Crippen MR) is 107 cm³/mol. The van der Waals surface area contributed by atoms with Gasteiger partial charge in [-0.05, 0) is 81.1 Å². The van der Waals surface area contributed by atoms with Gasteiger partial charge >= 0.3 is 7.48 Å². The van der Waals surface area contributed by atoms with Crippen LogP contribution < -0.4 is 5.46 Å². The molecule has 1 N–H and O–H groups in total. The molecule has 0 amide bonds. The van der Waals surface area contributed by atoms with Gasteiger partial charge in [-0.25, -0.2) is 0 Å². The maximum atomic E-state index is 10.4. The first-order chi connectivity index (χ1) is 11.8. The summed E-state index contributed by atoms with van der Waals surface area (Å²) in [6.07, 6.45) is 4.88. The van der Waals surface area contributed by atoms with Gasteiger partial charge in [-0.2, -0.15) is 0 Å². The predicted octanol–water partition coefficient (Wildman–Crippen LogP) is 3.78. The zero-order valence-corrected chi connectivity index (χ0v) is 15.9. The summed E-state index contributed by atoms with van der Waals surface area (Å²) < 4.78 is 6.18. The van der Waals surface area contributed by atoms with Gasteiger partial charge in [-0.1, -0.05) is 42.5 Å². The lowest BCUT2D eigenvalue weighted by Gasteiger charge is -2.38. The van der Waals surface area contributed by atoms with Crippen LogP contribution in [0.15, 0.2) is 42.5 Å².